The summed E-state index contributed by atoms with van der Waals surface area (Å²) in [5, 5.41) is 1.60. The molecule has 0 aliphatic carbocycles. The largest absolute Gasteiger partial charge is 0.457 e. The fraction of sp³-hybridized carbons (Fsp3) is 0.0536. The van der Waals surface area contributed by atoms with Gasteiger partial charge in [0.25, 0.3) is 0 Å². The summed E-state index contributed by atoms with van der Waals surface area (Å²) in [6.07, 6.45) is 1.72. The van der Waals surface area contributed by atoms with E-state index in [0.717, 1.165) is 66.8 Å². The van der Waals surface area contributed by atoms with Gasteiger partial charge in [0, 0.05) is 59.7 Å². The molecule has 15 rings (SSSR count). The number of rotatable bonds is 1. The molecule has 0 atom stereocenters. The zero-order valence-corrected chi connectivity index (χ0v) is 33.3. The lowest BCUT2D eigenvalue weighted by atomic mass is 9.95. The second kappa shape index (κ2) is 14.3. The Morgan fingerprint density at radius 1 is 0.500 bits per heavy atom. The van der Waals surface area contributed by atoms with Gasteiger partial charge in [0.1, 0.15) is 35.5 Å². The van der Waals surface area contributed by atoms with Crippen molar-refractivity contribution in [1.82, 2.24) is 9.55 Å². The van der Waals surface area contributed by atoms with Gasteiger partial charge in [-0.15, -0.1) is 0 Å². The molecule has 12 bridgehead atoms. The van der Waals surface area contributed by atoms with Crippen LogP contribution in [0.1, 0.15) is 19.4 Å². The first kappa shape index (κ1) is 30.0. The van der Waals surface area contributed by atoms with Crippen LogP contribution in [0.2, 0.25) is 0 Å². The Morgan fingerprint density at radius 3 is 2.05 bits per heavy atom. The molecule has 0 spiro atoms. The quantitative estimate of drug-likeness (QED) is 0.165. The van der Waals surface area contributed by atoms with Crippen LogP contribution in [0, 0.1) is 13.7 Å². The Bertz CT molecular complexity index is 3590. The van der Waals surface area contributed by atoms with E-state index in [-0.39, 0.29) is 16.9 Å². The molecule has 8 aromatic carbocycles. The van der Waals surface area contributed by atoms with Crippen LogP contribution in [-0.4, -0.2) is 16.2 Å². The fourth-order valence-corrected chi connectivity index (χ4v) is 9.02. The molecule has 10 aromatic rings. The van der Waals surface area contributed by atoms with Crippen molar-refractivity contribution in [2.45, 2.75) is 13.7 Å². The van der Waals surface area contributed by atoms with Gasteiger partial charge < -0.3 is 19.3 Å². The van der Waals surface area contributed by atoms with Gasteiger partial charge in [-0.3, -0.25) is 4.57 Å². The number of ether oxygens (including phenoxy) is 2. The van der Waals surface area contributed by atoms with Crippen LogP contribution in [0.3, 0.4) is 0 Å². The van der Waals surface area contributed by atoms with Gasteiger partial charge in [0.05, 0.1) is 28.1 Å². The number of benzene rings is 8. The highest BCUT2D eigenvalue weighted by atomic mass is 16.5. The van der Waals surface area contributed by atoms with Gasteiger partial charge in [-0.2, -0.15) is 0 Å². The number of nitrogens with zero attached hydrogens (tertiary/aromatic N) is 4. The van der Waals surface area contributed by atoms with Gasteiger partial charge in [-0.05, 0) is 121 Å². The van der Waals surface area contributed by atoms with E-state index in [9.17, 15) is 0 Å². The molecule has 7 heterocycles. The van der Waals surface area contributed by atoms with E-state index >= 15 is 0 Å². The van der Waals surface area contributed by atoms with Crippen molar-refractivity contribution >= 4 is 44.6 Å². The van der Waals surface area contributed by atoms with Crippen molar-refractivity contribution in [2.75, 3.05) is 16.5 Å². The molecule has 296 valence electrons. The summed E-state index contributed by atoms with van der Waals surface area (Å²) in [7, 11) is 0. The third-order valence-corrected chi connectivity index (χ3v) is 11.9. The lowest BCUT2D eigenvalue weighted by Crippen LogP contribution is -2.24. The Labute approximate surface area is 368 Å². The predicted molar refractivity (Wildman–Crippen MR) is 253 cm³/mol. The molecule has 6 nitrogen and oxygen atoms in total. The number of para-hydroxylation sites is 3. The van der Waals surface area contributed by atoms with Gasteiger partial charge in [0.15, 0.2) is 0 Å². The number of fused-ring (bicyclic) bond motifs is 6. The summed E-state index contributed by atoms with van der Waals surface area (Å²) in [6, 6.07) is 61.1. The summed E-state index contributed by atoms with van der Waals surface area (Å²) < 4.78 is 65.3. The molecule has 2 aromatic heterocycles. The lowest BCUT2D eigenvalue weighted by molar-refractivity contribution is 0.479. The van der Waals surface area contributed by atoms with E-state index in [2.05, 4.69) is 88.7 Å². The van der Waals surface area contributed by atoms with E-state index in [1.165, 1.54) is 0 Å². The van der Waals surface area contributed by atoms with E-state index in [0.29, 0.717) is 40.9 Å². The molecular formula is C56H40N4O2. The maximum Gasteiger partial charge on any atom is 0.137 e. The number of anilines is 4. The van der Waals surface area contributed by atoms with Crippen LogP contribution in [0.15, 0.2) is 194 Å². The minimum atomic E-state index is -2.48. The topological polar surface area (TPSA) is 42.8 Å². The average molecular weight is 807 g/mol. The SMILES string of the molecule is [2H]C([2H])([2H])c1ccc2c(c1)c1ccc3cc1n2-c1ccc(cn1)-c1ccc(c(C([2H])([2H])[2H])c1)Oc1ccc(cc1)-c1cccc(-c2ccccc2)c1N1CN(c2cccc(c2)O3)c2ccccc21. The summed E-state index contributed by atoms with van der Waals surface area (Å²) in [5.41, 5.74) is 11.4. The summed E-state index contributed by atoms with van der Waals surface area (Å²) in [4.78, 5) is 9.58. The van der Waals surface area contributed by atoms with Crippen molar-refractivity contribution in [3.05, 3.63) is 205 Å². The highest BCUT2D eigenvalue weighted by Gasteiger charge is 2.31. The standard InChI is InChI=1S/C56H40N4O2/c1-36-18-27-50-49(30-36)48-26-25-45-33-53(48)60(50)55-29-22-41(34-57-55)40-21-28-54(37(2)31-40)62-43-23-19-39(20-24-43)47-15-9-14-46(38-10-4-3-5-11-38)56(47)59-35-58(51-16-6-7-17-52(51)59)42-12-8-13-44(32-42)61-45/h3-34H,35H2,1-2H3/i1D3,2D3. The molecule has 0 unspecified atom stereocenters. The van der Waals surface area contributed by atoms with Crippen LogP contribution in [0.4, 0.5) is 22.7 Å². The van der Waals surface area contributed by atoms with Crippen molar-refractivity contribution < 1.29 is 17.7 Å². The first-order valence-electron chi connectivity index (χ1n) is 23.5. The summed E-state index contributed by atoms with van der Waals surface area (Å²) in [6.45, 7) is -4.28. The number of pyridine rings is 1. The smallest absolute Gasteiger partial charge is 0.137 e. The van der Waals surface area contributed by atoms with Gasteiger partial charge in [0.2, 0.25) is 0 Å². The zero-order valence-electron chi connectivity index (χ0n) is 39.3. The monoisotopic (exact) mass is 806 g/mol. The Morgan fingerprint density at radius 2 is 1.24 bits per heavy atom. The predicted octanol–water partition coefficient (Wildman–Crippen LogP) is 14.9. The minimum Gasteiger partial charge on any atom is -0.457 e. The van der Waals surface area contributed by atoms with Crippen LogP contribution in [-0.2, 0) is 0 Å². The van der Waals surface area contributed by atoms with Gasteiger partial charge in [-0.25, -0.2) is 4.98 Å². The Balaban J connectivity index is 1.06. The number of hydrogen-bond acceptors (Lipinski definition) is 5. The molecule has 5 aliphatic rings. The van der Waals surface area contributed by atoms with Crippen molar-refractivity contribution in [2.24, 2.45) is 0 Å². The molecule has 0 saturated heterocycles. The van der Waals surface area contributed by atoms with Crippen molar-refractivity contribution in [1.29, 1.82) is 0 Å². The maximum absolute atomic E-state index is 8.55. The summed E-state index contributed by atoms with van der Waals surface area (Å²) >= 11 is 0. The second-order valence-electron chi connectivity index (χ2n) is 15.6. The molecule has 5 aliphatic heterocycles. The molecule has 0 N–H and O–H groups in total. The number of hydrogen-bond donors (Lipinski definition) is 0. The molecule has 0 amide bonds. The maximum atomic E-state index is 8.55. The lowest BCUT2D eigenvalue weighted by Gasteiger charge is -2.27. The van der Waals surface area contributed by atoms with Crippen LogP contribution < -0.4 is 19.3 Å². The number of aryl methyl sites for hydroxylation is 2. The molecule has 0 fully saturated rings. The van der Waals surface area contributed by atoms with Crippen LogP contribution in [0.25, 0.3) is 61.0 Å². The van der Waals surface area contributed by atoms with Crippen LogP contribution in [0.5, 0.6) is 23.0 Å². The highest BCUT2D eigenvalue weighted by Crippen LogP contribution is 2.50. The fourth-order valence-electron chi connectivity index (χ4n) is 9.02. The Kier molecular flexibility index (Phi) is 6.91. The van der Waals surface area contributed by atoms with E-state index < -0.39 is 13.7 Å². The second-order valence-corrected chi connectivity index (χ2v) is 15.6. The first-order valence-corrected chi connectivity index (χ1v) is 20.5. The van der Waals surface area contributed by atoms with Crippen molar-refractivity contribution in [3.8, 4) is 62.2 Å². The van der Waals surface area contributed by atoms with Crippen molar-refractivity contribution in [3.63, 3.8) is 0 Å². The third kappa shape index (κ3) is 5.99. The molecule has 62 heavy (non-hydrogen) atoms. The van der Waals surface area contributed by atoms with Gasteiger partial charge >= 0.3 is 0 Å². The molecule has 6 heteroatoms. The highest BCUT2D eigenvalue weighted by molar-refractivity contribution is 6.10. The van der Waals surface area contributed by atoms with Gasteiger partial charge in [-0.1, -0.05) is 96.6 Å². The summed E-state index contributed by atoms with van der Waals surface area (Å²) in [5.74, 6) is 2.55. The molecular weight excluding hydrogens is 761 g/mol. The normalized spacial score (nSPS) is 14.6. The molecule has 0 radical (unpaired) electrons. The van der Waals surface area contributed by atoms with E-state index in [1.807, 2.05) is 89.5 Å². The number of aromatic nitrogens is 2. The van der Waals surface area contributed by atoms with E-state index in [1.54, 1.807) is 30.5 Å². The average Bonchev–Trinajstić information content (AvgIpc) is 3.89. The zero-order chi connectivity index (χ0) is 46.3. The Hall–Kier alpha value is -8.09. The first-order chi connectivity index (χ1) is 32.9. The van der Waals surface area contributed by atoms with Crippen LogP contribution >= 0.6 is 0 Å². The van der Waals surface area contributed by atoms with E-state index in [4.69, 9.17) is 22.7 Å². The molecule has 0 saturated carbocycles. The third-order valence-electron chi connectivity index (χ3n) is 11.9. The minimum absolute atomic E-state index is 0.0736.